The summed E-state index contributed by atoms with van der Waals surface area (Å²) in [6.07, 6.45) is -3.09. The van der Waals surface area contributed by atoms with Crippen molar-refractivity contribution < 1.29 is 26.9 Å². The van der Waals surface area contributed by atoms with Gasteiger partial charge in [-0.1, -0.05) is 0 Å². The molecule has 3 heterocycles. The van der Waals surface area contributed by atoms with Crippen LogP contribution in [0.5, 0.6) is 5.75 Å². The number of fused-ring (bicyclic) bond motifs is 2. The molecule has 0 fully saturated rings. The van der Waals surface area contributed by atoms with Crippen LogP contribution in [0.3, 0.4) is 0 Å². The maximum atomic E-state index is 12.7. The monoisotopic (exact) mass is 411 g/mol. The van der Waals surface area contributed by atoms with Gasteiger partial charge < -0.3 is 14.5 Å². The topological polar surface area (TPSA) is 77.1 Å². The second kappa shape index (κ2) is 7.17. The van der Waals surface area contributed by atoms with E-state index in [2.05, 4.69) is 15.0 Å². The number of hydrogen-bond donors (Lipinski definition) is 1. The van der Waals surface area contributed by atoms with Gasteiger partial charge in [-0.15, -0.1) is 0 Å². The van der Waals surface area contributed by atoms with Crippen LogP contribution in [0.1, 0.15) is 22.4 Å². The predicted octanol–water partition coefficient (Wildman–Crippen LogP) is 3.55. The Hall–Kier alpha value is -2.46. The Morgan fingerprint density at radius 2 is 2.04 bits per heavy atom. The third-order valence-electron chi connectivity index (χ3n) is 4.43. The van der Waals surface area contributed by atoms with Crippen LogP contribution >= 0.6 is 0 Å². The van der Waals surface area contributed by atoms with Crippen molar-refractivity contribution in [2.24, 2.45) is 0 Å². The van der Waals surface area contributed by atoms with E-state index in [1.54, 1.807) is 6.92 Å². The van der Waals surface area contributed by atoms with Crippen molar-refractivity contribution in [3.05, 3.63) is 46.8 Å². The Balaban J connectivity index is 1.54. The lowest BCUT2D eigenvalue weighted by Gasteiger charge is -2.13. The van der Waals surface area contributed by atoms with E-state index < -0.39 is 23.6 Å². The van der Waals surface area contributed by atoms with E-state index >= 15 is 0 Å². The van der Waals surface area contributed by atoms with E-state index in [0.29, 0.717) is 35.1 Å². The van der Waals surface area contributed by atoms with Crippen LogP contribution in [0.2, 0.25) is 0 Å². The summed E-state index contributed by atoms with van der Waals surface area (Å²) in [5.74, 6) is 0.0814. The average molecular weight is 411 g/mol. The molecule has 1 atom stereocenters. The second-order valence-electron chi connectivity index (χ2n) is 6.45. The SMILES string of the molecule is Cc1c(OCC(F)(F)F)ccnc1CS(=O)c1nc2cc3c(cc2[nH]1)COC3. The highest BCUT2D eigenvalue weighted by molar-refractivity contribution is 7.84. The molecule has 0 amide bonds. The van der Waals surface area contributed by atoms with Gasteiger partial charge in [0.05, 0.1) is 46.5 Å². The Bertz CT molecular complexity index is 1020. The zero-order valence-corrected chi connectivity index (χ0v) is 15.6. The molecule has 0 saturated carbocycles. The number of aromatic nitrogens is 3. The molecule has 1 aliphatic heterocycles. The number of alkyl halides is 3. The van der Waals surface area contributed by atoms with Gasteiger partial charge in [0.2, 0.25) is 0 Å². The minimum absolute atomic E-state index is 0.0116. The third kappa shape index (κ3) is 3.88. The number of benzene rings is 1. The summed E-state index contributed by atoms with van der Waals surface area (Å²) in [6, 6.07) is 5.20. The predicted molar refractivity (Wildman–Crippen MR) is 95.2 cm³/mol. The Morgan fingerprint density at radius 3 is 2.79 bits per heavy atom. The van der Waals surface area contributed by atoms with Gasteiger partial charge in [-0.3, -0.25) is 9.19 Å². The summed E-state index contributed by atoms with van der Waals surface area (Å²) in [7, 11) is -1.54. The number of halogens is 3. The molecule has 1 aliphatic rings. The standard InChI is InChI=1S/C18H16F3N3O3S/c1-10-15(22-3-2-16(10)27-9-18(19,20)21)8-28(25)17-23-13-4-11-6-26-7-12(11)5-14(13)24-17/h2-5H,6-9H2,1H3,(H,23,24). The maximum Gasteiger partial charge on any atom is 0.422 e. The van der Waals surface area contributed by atoms with Crippen LogP contribution in [0.4, 0.5) is 13.2 Å². The first-order valence-corrected chi connectivity index (χ1v) is 9.74. The first kappa shape index (κ1) is 18.9. The molecule has 28 heavy (non-hydrogen) atoms. The number of nitrogens with zero attached hydrogens (tertiary/aromatic N) is 2. The van der Waals surface area contributed by atoms with Crippen molar-refractivity contribution in [3.8, 4) is 5.75 Å². The van der Waals surface area contributed by atoms with Gasteiger partial charge in [0.15, 0.2) is 11.8 Å². The van der Waals surface area contributed by atoms with Crippen LogP contribution in [0, 0.1) is 6.92 Å². The zero-order valence-electron chi connectivity index (χ0n) is 14.8. The number of hydrogen-bond acceptors (Lipinski definition) is 5. The summed E-state index contributed by atoms with van der Waals surface area (Å²) in [5, 5.41) is 0.294. The summed E-state index contributed by atoms with van der Waals surface area (Å²) >= 11 is 0. The van der Waals surface area contributed by atoms with Crippen molar-refractivity contribution in [2.75, 3.05) is 6.61 Å². The molecule has 0 bridgehead atoms. The van der Waals surface area contributed by atoms with Gasteiger partial charge in [-0.05, 0) is 36.2 Å². The van der Waals surface area contributed by atoms with Crippen LogP contribution < -0.4 is 4.74 Å². The smallest absolute Gasteiger partial charge is 0.422 e. The number of nitrogens with one attached hydrogen (secondary N) is 1. The maximum absolute atomic E-state index is 12.7. The van der Waals surface area contributed by atoms with Crippen molar-refractivity contribution in [1.82, 2.24) is 15.0 Å². The van der Waals surface area contributed by atoms with Crippen LogP contribution in [0.15, 0.2) is 29.6 Å². The fraction of sp³-hybridized carbons (Fsp3) is 0.333. The lowest BCUT2D eigenvalue weighted by molar-refractivity contribution is -0.153. The minimum atomic E-state index is -4.43. The molecule has 1 N–H and O–H groups in total. The van der Waals surface area contributed by atoms with Gasteiger partial charge in [0, 0.05) is 11.8 Å². The average Bonchev–Trinajstić information content (AvgIpc) is 3.25. The normalized spacial score (nSPS) is 15.0. The molecule has 0 saturated heterocycles. The Morgan fingerprint density at radius 1 is 1.29 bits per heavy atom. The van der Waals surface area contributed by atoms with Gasteiger partial charge in [0.1, 0.15) is 5.75 Å². The van der Waals surface area contributed by atoms with Crippen molar-refractivity contribution in [3.63, 3.8) is 0 Å². The number of H-pyrrole nitrogens is 1. The highest BCUT2D eigenvalue weighted by Crippen LogP contribution is 2.27. The Labute approximate surface area is 160 Å². The lowest BCUT2D eigenvalue weighted by atomic mass is 10.1. The van der Waals surface area contributed by atoms with Crippen molar-refractivity contribution in [1.29, 1.82) is 0 Å². The second-order valence-corrected chi connectivity index (χ2v) is 7.81. The van der Waals surface area contributed by atoms with Gasteiger partial charge >= 0.3 is 6.18 Å². The molecule has 10 heteroatoms. The Kier molecular flexibility index (Phi) is 4.84. The molecular formula is C18H16F3N3O3S. The van der Waals surface area contributed by atoms with E-state index in [9.17, 15) is 17.4 Å². The molecule has 6 nitrogen and oxygen atoms in total. The summed E-state index contributed by atoms with van der Waals surface area (Å²) in [5.41, 5.74) is 4.41. The summed E-state index contributed by atoms with van der Waals surface area (Å²) in [6.45, 7) is 1.27. The molecule has 0 aliphatic carbocycles. The van der Waals surface area contributed by atoms with E-state index in [-0.39, 0.29) is 11.5 Å². The van der Waals surface area contributed by atoms with Gasteiger partial charge in [-0.25, -0.2) is 4.98 Å². The quantitative estimate of drug-likeness (QED) is 0.695. The lowest BCUT2D eigenvalue weighted by Crippen LogP contribution is -2.19. The number of rotatable bonds is 5. The molecule has 0 spiro atoms. The van der Waals surface area contributed by atoms with E-state index in [1.165, 1.54) is 12.3 Å². The van der Waals surface area contributed by atoms with Crippen molar-refractivity contribution in [2.45, 2.75) is 37.2 Å². The largest absolute Gasteiger partial charge is 0.484 e. The molecule has 148 valence electrons. The number of imidazole rings is 1. The van der Waals surface area contributed by atoms with E-state index in [1.807, 2.05) is 12.1 Å². The zero-order chi connectivity index (χ0) is 19.9. The fourth-order valence-electron chi connectivity index (χ4n) is 2.98. The highest BCUT2D eigenvalue weighted by atomic mass is 32.2. The summed E-state index contributed by atoms with van der Waals surface area (Å²) < 4.78 is 60.1. The molecular weight excluding hydrogens is 395 g/mol. The van der Waals surface area contributed by atoms with Crippen LogP contribution in [0.25, 0.3) is 11.0 Å². The highest BCUT2D eigenvalue weighted by Gasteiger charge is 2.29. The third-order valence-corrected chi connectivity index (χ3v) is 5.59. The fourth-order valence-corrected chi connectivity index (χ4v) is 4.08. The molecule has 0 radical (unpaired) electrons. The molecule has 1 aromatic carbocycles. The van der Waals surface area contributed by atoms with Crippen LogP contribution in [-0.2, 0) is 34.5 Å². The first-order valence-electron chi connectivity index (χ1n) is 8.42. The van der Waals surface area contributed by atoms with Crippen molar-refractivity contribution >= 4 is 21.8 Å². The van der Waals surface area contributed by atoms with E-state index in [0.717, 1.165) is 16.6 Å². The van der Waals surface area contributed by atoms with Gasteiger partial charge in [0.25, 0.3) is 0 Å². The van der Waals surface area contributed by atoms with Gasteiger partial charge in [-0.2, -0.15) is 13.2 Å². The van der Waals surface area contributed by atoms with E-state index in [4.69, 9.17) is 9.47 Å². The molecule has 2 aromatic heterocycles. The molecule has 3 aromatic rings. The summed E-state index contributed by atoms with van der Waals surface area (Å²) in [4.78, 5) is 11.6. The van der Waals surface area contributed by atoms with Crippen LogP contribution in [-0.4, -0.2) is 31.9 Å². The minimum Gasteiger partial charge on any atom is -0.484 e. The molecule has 4 rings (SSSR count). The number of ether oxygens (including phenoxy) is 2. The number of pyridine rings is 1. The number of aromatic amines is 1. The first-order chi connectivity index (χ1) is 13.3. The molecule has 1 unspecified atom stereocenters.